The lowest BCUT2D eigenvalue weighted by Gasteiger charge is -2.26. The van der Waals surface area contributed by atoms with Gasteiger partial charge in [0.1, 0.15) is 12.1 Å². The zero-order valence-corrected chi connectivity index (χ0v) is 17.7. The van der Waals surface area contributed by atoms with Crippen molar-refractivity contribution in [3.63, 3.8) is 0 Å². The number of aliphatic carboxylic acids is 1. The summed E-state index contributed by atoms with van der Waals surface area (Å²) in [4.78, 5) is 59.5. The van der Waals surface area contributed by atoms with Crippen LogP contribution < -0.4 is 27.4 Å². The Labute approximate surface area is 175 Å². The van der Waals surface area contributed by atoms with Crippen LogP contribution in [0.15, 0.2) is 0 Å². The number of nitrogens with one attached hydrogen (secondary N) is 3. The molecule has 12 nitrogen and oxygen atoms in total. The van der Waals surface area contributed by atoms with Gasteiger partial charge in [0.05, 0.1) is 12.1 Å². The van der Waals surface area contributed by atoms with Gasteiger partial charge in [-0.25, -0.2) is 4.79 Å². The molecule has 5 unspecified atom stereocenters. The number of rotatable bonds is 13. The maximum absolute atomic E-state index is 12.7. The number of hydrogen-bond donors (Lipinski definition) is 7. The highest BCUT2D eigenvalue weighted by Crippen LogP contribution is 2.08. The number of aliphatic hydroxyl groups excluding tert-OH is 1. The largest absolute Gasteiger partial charge is 0.480 e. The highest BCUT2D eigenvalue weighted by Gasteiger charge is 2.32. The first-order chi connectivity index (χ1) is 13.8. The average molecular weight is 431 g/mol. The first-order valence-corrected chi connectivity index (χ1v) is 9.62. The molecular weight excluding hydrogens is 398 g/mol. The van der Waals surface area contributed by atoms with Crippen LogP contribution in [0, 0.1) is 5.92 Å². The van der Waals surface area contributed by atoms with Gasteiger partial charge in [0.2, 0.25) is 23.6 Å². The number of nitrogens with two attached hydrogens (primary N) is 2. The maximum Gasteiger partial charge on any atom is 0.328 e. The number of primary amides is 1. The predicted molar refractivity (Wildman–Crippen MR) is 107 cm³/mol. The number of hydrogen-bond acceptors (Lipinski definition) is 7. The molecule has 0 aromatic heterocycles. The molecule has 0 aromatic rings. The number of carboxylic acid groups (broad SMARTS) is 1. The van der Waals surface area contributed by atoms with Crippen molar-refractivity contribution in [2.45, 2.75) is 77.2 Å². The summed E-state index contributed by atoms with van der Waals surface area (Å²) in [5.74, 6) is -4.37. The van der Waals surface area contributed by atoms with Gasteiger partial charge in [0.25, 0.3) is 0 Å². The van der Waals surface area contributed by atoms with Crippen molar-refractivity contribution in [1.29, 1.82) is 0 Å². The van der Waals surface area contributed by atoms with Crippen molar-refractivity contribution in [3.05, 3.63) is 0 Å². The fourth-order valence-electron chi connectivity index (χ4n) is 2.48. The zero-order chi connectivity index (χ0) is 23.6. The van der Waals surface area contributed by atoms with Crippen molar-refractivity contribution in [2.24, 2.45) is 17.4 Å². The van der Waals surface area contributed by atoms with E-state index < -0.39 is 59.9 Å². The van der Waals surface area contributed by atoms with E-state index in [2.05, 4.69) is 16.0 Å². The number of carboxylic acids is 1. The summed E-state index contributed by atoms with van der Waals surface area (Å²) in [6.45, 7) is 6.20. The van der Waals surface area contributed by atoms with Gasteiger partial charge >= 0.3 is 5.97 Å². The fourth-order valence-corrected chi connectivity index (χ4v) is 2.48. The van der Waals surface area contributed by atoms with Crippen LogP contribution in [0.4, 0.5) is 0 Å². The van der Waals surface area contributed by atoms with Crippen LogP contribution in [0.2, 0.25) is 0 Å². The van der Waals surface area contributed by atoms with Gasteiger partial charge in [0, 0.05) is 6.42 Å². The molecule has 0 saturated carbocycles. The van der Waals surface area contributed by atoms with Gasteiger partial charge in [-0.05, 0) is 32.6 Å². The lowest BCUT2D eigenvalue weighted by molar-refractivity contribution is -0.145. The molecule has 0 radical (unpaired) electrons. The molecule has 9 N–H and O–H groups in total. The predicted octanol–water partition coefficient (Wildman–Crippen LogP) is -2.43. The van der Waals surface area contributed by atoms with Gasteiger partial charge in [0.15, 0.2) is 6.04 Å². The van der Waals surface area contributed by atoms with Crippen LogP contribution >= 0.6 is 0 Å². The monoisotopic (exact) mass is 431 g/mol. The zero-order valence-electron chi connectivity index (χ0n) is 17.7. The van der Waals surface area contributed by atoms with Gasteiger partial charge < -0.3 is 37.6 Å². The highest BCUT2D eigenvalue weighted by molar-refractivity contribution is 5.94. The van der Waals surface area contributed by atoms with E-state index in [-0.39, 0.29) is 25.2 Å². The van der Waals surface area contributed by atoms with Crippen molar-refractivity contribution < 1.29 is 34.2 Å². The summed E-state index contributed by atoms with van der Waals surface area (Å²) in [6.07, 6.45) is -1.51. The van der Waals surface area contributed by atoms with Gasteiger partial charge in [-0.15, -0.1) is 0 Å². The molecule has 0 fully saturated rings. The topological polar surface area (TPSA) is 214 Å². The van der Waals surface area contributed by atoms with Gasteiger partial charge in [-0.2, -0.15) is 0 Å². The van der Waals surface area contributed by atoms with Crippen LogP contribution in [0.5, 0.6) is 0 Å². The van der Waals surface area contributed by atoms with E-state index in [1.165, 1.54) is 13.8 Å². The second kappa shape index (κ2) is 12.8. The molecular formula is C18H33N5O7. The van der Waals surface area contributed by atoms with E-state index >= 15 is 0 Å². The molecule has 0 aliphatic heterocycles. The molecule has 172 valence electrons. The second-order valence-corrected chi connectivity index (χ2v) is 7.61. The van der Waals surface area contributed by atoms with E-state index in [9.17, 15) is 29.1 Å². The van der Waals surface area contributed by atoms with Gasteiger partial charge in [-0.1, -0.05) is 13.8 Å². The maximum atomic E-state index is 12.7. The van der Waals surface area contributed by atoms with Crippen LogP contribution in [0.1, 0.15) is 47.0 Å². The number of carbonyl (C=O) groups excluding carboxylic acids is 4. The van der Waals surface area contributed by atoms with Crippen LogP contribution in [0.25, 0.3) is 0 Å². The van der Waals surface area contributed by atoms with Gasteiger partial charge in [-0.3, -0.25) is 19.2 Å². The molecule has 0 heterocycles. The summed E-state index contributed by atoms with van der Waals surface area (Å²) in [6, 6.07) is -4.79. The Kier molecular flexibility index (Phi) is 11.6. The molecule has 0 saturated heterocycles. The third-order valence-corrected chi connectivity index (χ3v) is 4.11. The standard InChI is InChI=1S/C18H33N5O7/c1-8(2)7-12(17(28)23-14(10(4)24)18(29)30)22-16(27)11(5-6-13(20)25)21-15(26)9(3)19/h8-12,14,24H,5-7,19H2,1-4H3,(H2,20,25)(H,21,26)(H,22,27)(H,23,28)(H,29,30). The van der Waals surface area contributed by atoms with E-state index in [0.717, 1.165) is 0 Å². The van der Waals surface area contributed by atoms with E-state index in [0.29, 0.717) is 0 Å². The summed E-state index contributed by atoms with van der Waals surface area (Å²) < 4.78 is 0. The number of carbonyl (C=O) groups is 5. The molecule has 0 aliphatic carbocycles. The van der Waals surface area contributed by atoms with Crippen LogP contribution in [-0.2, 0) is 24.0 Å². The molecule has 0 aliphatic rings. The smallest absolute Gasteiger partial charge is 0.328 e. The van der Waals surface area contributed by atoms with Crippen molar-refractivity contribution >= 4 is 29.6 Å². The SMILES string of the molecule is CC(C)CC(NC(=O)C(CCC(N)=O)NC(=O)C(C)N)C(=O)NC(C(=O)O)C(C)O. The normalized spacial score (nSPS) is 16.0. The first kappa shape index (κ1) is 27.3. The molecule has 0 aromatic carbocycles. The Morgan fingerprint density at radius 1 is 0.867 bits per heavy atom. The third-order valence-electron chi connectivity index (χ3n) is 4.11. The average Bonchev–Trinajstić information content (AvgIpc) is 2.60. The Morgan fingerprint density at radius 3 is 1.77 bits per heavy atom. The lowest BCUT2D eigenvalue weighted by Crippen LogP contribution is -2.58. The van der Waals surface area contributed by atoms with E-state index in [1.807, 2.05) is 0 Å². The molecule has 0 spiro atoms. The Hall–Kier alpha value is -2.73. The third kappa shape index (κ3) is 10.2. The molecule has 4 amide bonds. The molecule has 0 bridgehead atoms. The number of aliphatic hydroxyl groups is 1. The minimum atomic E-state index is -1.56. The molecule has 30 heavy (non-hydrogen) atoms. The van der Waals surface area contributed by atoms with Crippen molar-refractivity contribution in [2.75, 3.05) is 0 Å². The first-order valence-electron chi connectivity index (χ1n) is 9.62. The van der Waals surface area contributed by atoms with Crippen molar-refractivity contribution in [3.8, 4) is 0 Å². The Bertz CT molecular complexity index is 636. The Morgan fingerprint density at radius 2 is 1.37 bits per heavy atom. The summed E-state index contributed by atoms with van der Waals surface area (Å²) in [7, 11) is 0. The van der Waals surface area contributed by atoms with Crippen LogP contribution in [0.3, 0.4) is 0 Å². The second-order valence-electron chi connectivity index (χ2n) is 7.61. The minimum Gasteiger partial charge on any atom is -0.480 e. The molecule has 12 heteroatoms. The molecule has 0 rings (SSSR count). The lowest BCUT2D eigenvalue weighted by atomic mass is 10.0. The fraction of sp³-hybridized carbons (Fsp3) is 0.722. The summed E-state index contributed by atoms with van der Waals surface area (Å²) >= 11 is 0. The minimum absolute atomic E-state index is 0.0568. The summed E-state index contributed by atoms with van der Waals surface area (Å²) in [5.41, 5.74) is 10.6. The molecule has 5 atom stereocenters. The van der Waals surface area contributed by atoms with E-state index in [1.54, 1.807) is 13.8 Å². The highest BCUT2D eigenvalue weighted by atomic mass is 16.4. The van der Waals surface area contributed by atoms with E-state index in [4.69, 9.17) is 16.6 Å². The number of amides is 4. The summed E-state index contributed by atoms with van der Waals surface area (Å²) in [5, 5.41) is 25.7. The van der Waals surface area contributed by atoms with Crippen molar-refractivity contribution in [1.82, 2.24) is 16.0 Å². The van der Waals surface area contributed by atoms with Crippen LogP contribution in [-0.4, -0.2) is 70.1 Å². The Balaban J connectivity index is 5.46. The quantitative estimate of drug-likeness (QED) is 0.166.